The maximum absolute atomic E-state index is 12.9. The molecule has 150 valence electrons. The maximum Gasteiger partial charge on any atom is 0.261 e. The molecule has 28 heavy (non-hydrogen) atoms. The van der Waals surface area contributed by atoms with Gasteiger partial charge in [-0.25, -0.2) is 0 Å². The van der Waals surface area contributed by atoms with Crippen molar-refractivity contribution >= 4 is 27.7 Å². The van der Waals surface area contributed by atoms with E-state index >= 15 is 0 Å². The van der Waals surface area contributed by atoms with Gasteiger partial charge in [0, 0.05) is 17.1 Å². The number of nitrogens with zero attached hydrogens (tertiary/aromatic N) is 1. The average Bonchev–Trinajstić information content (AvgIpc) is 2.65. The lowest BCUT2D eigenvalue weighted by molar-refractivity contribution is -0.142. The number of carbonyl (C=O) groups is 2. The highest BCUT2D eigenvalue weighted by Crippen LogP contribution is 2.18. The van der Waals surface area contributed by atoms with Crippen LogP contribution in [0, 0.1) is 6.92 Å². The zero-order valence-electron chi connectivity index (χ0n) is 16.7. The number of amides is 2. The van der Waals surface area contributed by atoms with Gasteiger partial charge in [0.2, 0.25) is 5.91 Å². The van der Waals surface area contributed by atoms with Gasteiger partial charge in [-0.3, -0.25) is 9.59 Å². The Morgan fingerprint density at radius 2 is 1.71 bits per heavy atom. The van der Waals surface area contributed by atoms with Crippen LogP contribution in [0.2, 0.25) is 0 Å². The minimum Gasteiger partial charge on any atom is -0.484 e. The molecule has 2 amide bonds. The van der Waals surface area contributed by atoms with Crippen LogP contribution in [0.15, 0.2) is 53.0 Å². The topological polar surface area (TPSA) is 58.6 Å². The Bertz CT molecular complexity index is 806. The van der Waals surface area contributed by atoms with E-state index in [4.69, 9.17) is 4.74 Å². The van der Waals surface area contributed by atoms with Crippen molar-refractivity contribution in [1.82, 2.24) is 10.2 Å². The number of carbonyl (C=O) groups excluding carboxylic acids is 2. The monoisotopic (exact) mass is 446 g/mol. The van der Waals surface area contributed by atoms with Gasteiger partial charge in [0.1, 0.15) is 11.8 Å². The first-order chi connectivity index (χ1) is 13.3. The Kier molecular flexibility index (Phi) is 8.05. The second-order valence-corrected chi connectivity index (χ2v) is 7.96. The zero-order chi connectivity index (χ0) is 20.7. The van der Waals surface area contributed by atoms with Crippen molar-refractivity contribution < 1.29 is 14.3 Å². The third-order valence-corrected chi connectivity index (χ3v) is 4.84. The molecule has 0 unspecified atom stereocenters. The first kappa shape index (κ1) is 22.0. The number of rotatable bonds is 8. The summed E-state index contributed by atoms with van der Waals surface area (Å²) in [5, 5.41) is 2.87. The van der Waals surface area contributed by atoms with Gasteiger partial charge in [-0.2, -0.15) is 0 Å². The highest BCUT2D eigenvalue weighted by Gasteiger charge is 2.27. The summed E-state index contributed by atoms with van der Waals surface area (Å²) < 4.78 is 6.68. The fourth-order valence-electron chi connectivity index (χ4n) is 2.72. The highest BCUT2D eigenvalue weighted by molar-refractivity contribution is 9.10. The Morgan fingerprint density at radius 1 is 1.07 bits per heavy atom. The van der Waals surface area contributed by atoms with Crippen LogP contribution < -0.4 is 10.1 Å². The second-order valence-electron chi connectivity index (χ2n) is 7.04. The molecule has 5 nitrogen and oxygen atoms in total. The summed E-state index contributed by atoms with van der Waals surface area (Å²) in [5.74, 6) is 0.243. The van der Waals surface area contributed by atoms with E-state index in [2.05, 4.69) is 21.2 Å². The van der Waals surface area contributed by atoms with Crippen LogP contribution in [0.5, 0.6) is 5.75 Å². The summed E-state index contributed by atoms with van der Waals surface area (Å²) in [4.78, 5) is 27.0. The Balaban J connectivity index is 2.15. The molecule has 0 aliphatic heterocycles. The van der Waals surface area contributed by atoms with Crippen molar-refractivity contribution in [3.05, 3.63) is 64.1 Å². The summed E-state index contributed by atoms with van der Waals surface area (Å²) >= 11 is 3.41. The van der Waals surface area contributed by atoms with Crippen molar-refractivity contribution in [2.75, 3.05) is 6.61 Å². The smallest absolute Gasteiger partial charge is 0.261 e. The van der Waals surface area contributed by atoms with Gasteiger partial charge in [-0.15, -0.1) is 0 Å². The van der Waals surface area contributed by atoms with Crippen molar-refractivity contribution in [2.24, 2.45) is 0 Å². The van der Waals surface area contributed by atoms with E-state index in [-0.39, 0.29) is 24.5 Å². The third kappa shape index (κ3) is 6.37. The molecule has 0 fully saturated rings. The standard InChI is InChI=1S/C22H27BrN2O3/c1-15(2)24-22(27)17(4)25(13-18-9-11-19(23)12-10-18)21(26)14-28-20-8-6-5-7-16(20)3/h5-12,15,17H,13-14H2,1-4H3,(H,24,27)/t17-/m0/s1. The van der Waals surface area contributed by atoms with Gasteiger partial charge in [0.05, 0.1) is 0 Å². The van der Waals surface area contributed by atoms with Crippen molar-refractivity contribution in [3.8, 4) is 5.75 Å². The van der Waals surface area contributed by atoms with Gasteiger partial charge in [0.15, 0.2) is 6.61 Å². The minimum atomic E-state index is -0.612. The van der Waals surface area contributed by atoms with Crippen LogP contribution in [0.4, 0.5) is 0 Å². The van der Waals surface area contributed by atoms with Crippen LogP contribution in [0.3, 0.4) is 0 Å². The molecule has 0 aliphatic carbocycles. The van der Waals surface area contributed by atoms with Crippen LogP contribution in [0.25, 0.3) is 0 Å². The van der Waals surface area contributed by atoms with Crippen LogP contribution in [-0.4, -0.2) is 35.4 Å². The molecule has 1 N–H and O–H groups in total. The number of para-hydroxylation sites is 1. The first-order valence-electron chi connectivity index (χ1n) is 9.30. The van der Waals surface area contributed by atoms with Gasteiger partial charge < -0.3 is 15.0 Å². The van der Waals surface area contributed by atoms with E-state index < -0.39 is 6.04 Å². The SMILES string of the molecule is Cc1ccccc1OCC(=O)N(Cc1ccc(Br)cc1)[C@@H](C)C(=O)NC(C)C. The quantitative estimate of drug-likeness (QED) is 0.664. The van der Waals surface area contributed by atoms with E-state index in [9.17, 15) is 9.59 Å². The normalized spacial score (nSPS) is 11.8. The number of benzene rings is 2. The van der Waals surface area contributed by atoms with E-state index in [1.807, 2.05) is 69.3 Å². The zero-order valence-corrected chi connectivity index (χ0v) is 18.3. The molecule has 0 aliphatic rings. The number of aryl methyl sites for hydroxylation is 1. The van der Waals surface area contributed by atoms with E-state index in [1.54, 1.807) is 11.8 Å². The molecule has 0 heterocycles. The molecule has 0 spiro atoms. The van der Waals surface area contributed by atoms with Crippen LogP contribution in [0.1, 0.15) is 31.9 Å². The molecule has 0 aromatic heterocycles. The Morgan fingerprint density at radius 3 is 2.32 bits per heavy atom. The number of hydrogen-bond donors (Lipinski definition) is 1. The molecule has 2 aromatic carbocycles. The van der Waals surface area contributed by atoms with Gasteiger partial charge in [0.25, 0.3) is 5.91 Å². The number of hydrogen-bond acceptors (Lipinski definition) is 3. The largest absolute Gasteiger partial charge is 0.484 e. The fourth-order valence-corrected chi connectivity index (χ4v) is 2.98. The summed E-state index contributed by atoms with van der Waals surface area (Å²) in [6.07, 6.45) is 0. The number of nitrogens with one attached hydrogen (secondary N) is 1. The summed E-state index contributed by atoms with van der Waals surface area (Å²) in [7, 11) is 0. The van der Waals surface area contributed by atoms with Crippen LogP contribution in [-0.2, 0) is 16.1 Å². The van der Waals surface area contributed by atoms with Crippen molar-refractivity contribution in [3.63, 3.8) is 0 Å². The maximum atomic E-state index is 12.9. The lowest BCUT2D eigenvalue weighted by Crippen LogP contribution is -2.50. The molecular formula is C22H27BrN2O3. The van der Waals surface area contributed by atoms with E-state index in [0.717, 1.165) is 15.6 Å². The predicted molar refractivity (Wildman–Crippen MR) is 114 cm³/mol. The number of halogens is 1. The molecule has 0 radical (unpaired) electrons. The third-order valence-electron chi connectivity index (χ3n) is 4.31. The molecule has 0 saturated carbocycles. The van der Waals surface area contributed by atoms with Crippen molar-refractivity contribution in [1.29, 1.82) is 0 Å². The summed E-state index contributed by atoms with van der Waals surface area (Å²) in [6, 6.07) is 14.6. The fraction of sp³-hybridized carbons (Fsp3) is 0.364. The molecule has 0 bridgehead atoms. The molecule has 6 heteroatoms. The van der Waals surface area contributed by atoms with Crippen LogP contribution >= 0.6 is 15.9 Å². The molecule has 1 atom stereocenters. The predicted octanol–water partition coefficient (Wildman–Crippen LogP) is 4.08. The lowest BCUT2D eigenvalue weighted by Gasteiger charge is -2.29. The highest BCUT2D eigenvalue weighted by atomic mass is 79.9. The summed E-state index contributed by atoms with van der Waals surface area (Å²) in [5.41, 5.74) is 1.90. The molecule has 2 aromatic rings. The lowest BCUT2D eigenvalue weighted by atomic mass is 10.1. The van der Waals surface area contributed by atoms with E-state index in [1.165, 1.54) is 0 Å². The molecule has 2 rings (SSSR count). The molecule has 0 saturated heterocycles. The van der Waals surface area contributed by atoms with E-state index in [0.29, 0.717) is 12.3 Å². The molecular weight excluding hydrogens is 420 g/mol. The average molecular weight is 447 g/mol. The number of ether oxygens (including phenoxy) is 1. The second kappa shape index (κ2) is 10.3. The minimum absolute atomic E-state index is 0.00259. The van der Waals surface area contributed by atoms with Gasteiger partial charge >= 0.3 is 0 Å². The summed E-state index contributed by atoms with van der Waals surface area (Å²) in [6.45, 7) is 7.66. The Hall–Kier alpha value is -2.34. The van der Waals surface area contributed by atoms with Gasteiger partial charge in [-0.05, 0) is 57.0 Å². The van der Waals surface area contributed by atoms with Crippen molar-refractivity contribution in [2.45, 2.75) is 46.3 Å². The van der Waals surface area contributed by atoms with Gasteiger partial charge in [-0.1, -0.05) is 46.3 Å². The Labute approximate surface area is 175 Å². The first-order valence-corrected chi connectivity index (χ1v) is 10.1.